The summed E-state index contributed by atoms with van der Waals surface area (Å²) in [5.41, 5.74) is 0. The third-order valence-corrected chi connectivity index (χ3v) is 4.85. The van der Waals surface area contributed by atoms with Crippen LogP contribution < -0.4 is 0 Å². The van der Waals surface area contributed by atoms with Crippen molar-refractivity contribution in [3.63, 3.8) is 0 Å². The number of hydrogen-bond donors (Lipinski definition) is 1. The molecule has 2 nitrogen and oxygen atoms in total. The minimum Gasteiger partial charge on any atom is -0.440 e. The molecule has 0 aliphatic carbocycles. The van der Waals surface area contributed by atoms with E-state index in [2.05, 4.69) is 0 Å². The van der Waals surface area contributed by atoms with Crippen molar-refractivity contribution in [1.82, 2.24) is 0 Å². The minimum atomic E-state index is -0.628. The molecule has 1 rings (SSSR count). The molecule has 0 aromatic carbocycles. The van der Waals surface area contributed by atoms with Crippen molar-refractivity contribution in [2.24, 2.45) is 0 Å². The Hall–Kier alpha value is 0.170. The van der Waals surface area contributed by atoms with Gasteiger partial charge in [0.05, 0.1) is 5.75 Å². The SMILES string of the molecule is O=C(O)[S+]1CCS1. The van der Waals surface area contributed by atoms with Gasteiger partial charge >= 0.3 is 5.30 Å². The van der Waals surface area contributed by atoms with Gasteiger partial charge in [0, 0.05) is 0 Å². The topological polar surface area (TPSA) is 37.3 Å². The van der Waals surface area contributed by atoms with E-state index in [1.807, 2.05) is 0 Å². The molecular weight excluding hydrogens is 132 g/mol. The van der Waals surface area contributed by atoms with Crippen molar-refractivity contribution in [2.45, 2.75) is 0 Å². The van der Waals surface area contributed by atoms with Crippen LogP contribution in [-0.2, 0) is 9.93 Å². The monoisotopic (exact) mass is 137 g/mol. The summed E-state index contributed by atoms with van der Waals surface area (Å²) in [6, 6.07) is 0. The number of carbonyl (C=O) groups is 1. The van der Waals surface area contributed by atoms with Gasteiger partial charge in [0.25, 0.3) is 0 Å². The Kier molecular flexibility index (Phi) is 1.49. The molecule has 1 fully saturated rings. The highest BCUT2D eigenvalue weighted by Gasteiger charge is 2.39. The predicted molar refractivity (Wildman–Crippen MR) is 32.7 cm³/mol. The van der Waals surface area contributed by atoms with Crippen LogP contribution in [0.1, 0.15) is 0 Å². The Labute approximate surface area is 48.0 Å². The van der Waals surface area contributed by atoms with Crippen molar-refractivity contribution in [1.29, 1.82) is 0 Å². The lowest BCUT2D eigenvalue weighted by Gasteiger charge is -2.04. The fourth-order valence-corrected chi connectivity index (χ4v) is 2.22. The van der Waals surface area contributed by atoms with Gasteiger partial charge in [0.15, 0.2) is 9.93 Å². The summed E-state index contributed by atoms with van der Waals surface area (Å²) in [7, 11) is 1.23. The van der Waals surface area contributed by atoms with E-state index in [0.29, 0.717) is 0 Å². The predicted octanol–water partition coefficient (Wildman–Crippen LogP) is 0.945. The van der Waals surface area contributed by atoms with Crippen molar-refractivity contribution >= 4 is 26.0 Å². The summed E-state index contributed by atoms with van der Waals surface area (Å²) in [5, 5.41) is 7.60. The first-order chi connectivity index (χ1) is 3.30. The molecule has 0 radical (unpaired) electrons. The van der Waals surface area contributed by atoms with Crippen LogP contribution in [0, 0.1) is 0 Å². The fraction of sp³-hybridized carbons (Fsp3) is 0.667. The summed E-state index contributed by atoms with van der Waals surface area (Å²) in [4.78, 5) is 9.97. The van der Waals surface area contributed by atoms with Gasteiger partial charge in [-0.1, -0.05) is 0 Å². The van der Waals surface area contributed by atoms with Crippen LogP contribution >= 0.6 is 10.8 Å². The highest BCUT2D eigenvalue weighted by atomic mass is 33.1. The van der Waals surface area contributed by atoms with E-state index >= 15 is 0 Å². The molecule has 40 valence electrons. The lowest BCUT2D eigenvalue weighted by Crippen LogP contribution is -2.23. The Morgan fingerprint density at radius 1 is 1.86 bits per heavy atom. The molecule has 4 heteroatoms. The highest BCUT2D eigenvalue weighted by Crippen LogP contribution is 2.27. The maximum absolute atomic E-state index is 9.97. The minimum absolute atomic E-state index is 0.315. The van der Waals surface area contributed by atoms with Crippen LogP contribution in [0.2, 0.25) is 0 Å². The number of rotatable bonds is 0. The van der Waals surface area contributed by atoms with E-state index in [0.717, 1.165) is 11.5 Å². The van der Waals surface area contributed by atoms with Crippen molar-refractivity contribution < 1.29 is 9.90 Å². The first-order valence-corrected chi connectivity index (χ1v) is 4.77. The third kappa shape index (κ3) is 1.04. The van der Waals surface area contributed by atoms with Crippen LogP contribution in [0.25, 0.3) is 0 Å². The molecule has 0 spiro atoms. The van der Waals surface area contributed by atoms with Crippen LogP contribution in [0.3, 0.4) is 0 Å². The molecule has 1 heterocycles. The van der Waals surface area contributed by atoms with E-state index in [1.54, 1.807) is 10.8 Å². The third-order valence-electron chi connectivity index (χ3n) is 0.689. The molecule has 1 aliphatic heterocycles. The van der Waals surface area contributed by atoms with E-state index in [4.69, 9.17) is 5.11 Å². The molecule has 1 atom stereocenters. The second kappa shape index (κ2) is 1.96. The van der Waals surface area contributed by atoms with Crippen LogP contribution in [-0.4, -0.2) is 21.9 Å². The summed E-state index contributed by atoms with van der Waals surface area (Å²) in [6.45, 7) is 0. The Balaban J connectivity index is 2.27. The molecule has 7 heavy (non-hydrogen) atoms. The van der Waals surface area contributed by atoms with Crippen molar-refractivity contribution in [2.75, 3.05) is 11.5 Å². The molecular formula is C3H5O2S2+. The standard InChI is InChI=1S/C3H4O2S2/c4-3(5)7-2-1-6-7/h1-2H2/p+1. The van der Waals surface area contributed by atoms with Gasteiger partial charge in [-0.05, 0) is 0 Å². The molecule has 0 saturated carbocycles. The van der Waals surface area contributed by atoms with E-state index < -0.39 is 5.30 Å². The lowest BCUT2D eigenvalue weighted by molar-refractivity contribution is 0.222. The van der Waals surface area contributed by atoms with Gasteiger partial charge in [-0.25, -0.2) is 0 Å². The molecule has 1 N–H and O–H groups in total. The summed E-state index contributed by atoms with van der Waals surface area (Å²) in [6.07, 6.45) is 0. The summed E-state index contributed by atoms with van der Waals surface area (Å²) < 4.78 is 0. The smallest absolute Gasteiger partial charge is 0.440 e. The maximum atomic E-state index is 9.97. The van der Waals surface area contributed by atoms with Gasteiger partial charge in [-0.2, -0.15) is 4.79 Å². The van der Waals surface area contributed by atoms with Crippen molar-refractivity contribution in [3.05, 3.63) is 0 Å². The zero-order valence-corrected chi connectivity index (χ0v) is 5.22. The van der Waals surface area contributed by atoms with E-state index in [-0.39, 0.29) is 9.93 Å². The maximum Gasteiger partial charge on any atom is 0.536 e. The van der Waals surface area contributed by atoms with E-state index in [9.17, 15) is 4.79 Å². The van der Waals surface area contributed by atoms with Gasteiger partial charge in [-0.3, -0.25) is 0 Å². The molecule has 0 bridgehead atoms. The normalized spacial score (nSPS) is 28.9. The number of hydrogen-bond acceptors (Lipinski definition) is 2. The van der Waals surface area contributed by atoms with E-state index in [1.165, 1.54) is 0 Å². The number of carboxylic acid groups (broad SMARTS) is 1. The first kappa shape index (κ1) is 5.31. The van der Waals surface area contributed by atoms with Gasteiger partial charge in [0.2, 0.25) is 0 Å². The quantitative estimate of drug-likeness (QED) is 0.399. The largest absolute Gasteiger partial charge is 0.536 e. The van der Waals surface area contributed by atoms with Crippen LogP contribution in [0.5, 0.6) is 0 Å². The zero-order valence-electron chi connectivity index (χ0n) is 3.59. The average molecular weight is 137 g/mol. The summed E-state index contributed by atoms with van der Waals surface area (Å²) in [5.74, 6) is 1.93. The Morgan fingerprint density at radius 3 is 2.43 bits per heavy atom. The molecule has 1 aliphatic rings. The van der Waals surface area contributed by atoms with Crippen LogP contribution in [0.15, 0.2) is 0 Å². The molecule has 1 saturated heterocycles. The molecule has 0 aromatic rings. The Morgan fingerprint density at radius 2 is 2.43 bits per heavy atom. The summed E-state index contributed by atoms with van der Waals surface area (Å²) >= 11 is 0. The highest BCUT2D eigenvalue weighted by molar-refractivity contribution is 8.81. The lowest BCUT2D eigenvalue weighted by atomic mass is 11.0. The van der Waals surface area contributed by atoms with Gasteiger partial charge in [-0.15, -0.1) is 0 Å². The second-order valence-corrected chi connectivity index (χ2v) is 5.14. The molecule has 0 aromatic heterocycles. The van der Waals surface area contributed by atoms with Crippen molar-refractivity contribution in [3.8, 4) is 0 Å². The molecule has 1 unspecified atom stereocenters. The second-order valence-electron chi connectivity index (χ2n) is 1.14. The van der Waals surface area contributed by atoms with Gasteiger partial charge in [0.1, 0.15) is 16.5 Å². The molecule has 0 amide bonds. The fourth-order valence-electron chi connectivity index (χ4n) is 0.304. The van der Waals surface area contributed by atoms with Gasteiger partial charge < -0.3 is 5.11 Å². The zero-order chi connectivity index (χ0) is 5.28. The van der Waals surface area contributed by atoms with Crippen LogP contribution in [0.4, 0.5) is 4.79 Å². The average Bonchev–Trinajstić information content (AvgIpc) is 1.23. The Bertz CT molecular complexity index is 88.9. The first-order valence-electron chi connectivity index (χ1n) is 1.88.